The molecule has 1 unspecified atom stereocenters. The van der Waals surface area contributed by atoms with Gasteiger partial charge in [0, 0.05) is 0 Å². The Balaban J connectivity index is 0.00000264. The van der Waals surface area contributed by atoms with Gasteiger partial charge in [0.2, 0.25) is 0 Å². The van der Waals surface area contributed by atoms with Gasteiger partial charge in [0.05, 0.1) is 0 Å². The molecule has 4 heteroatoms. The average molecular weight is 404 g/mol. The maximum absolute atomic E-state index is 6.73. The van der Waals surface area contributed by atoms with Crippen LogP contribution in [-0.4, -0.2) is 11.2 Å². The van der Waals surface area contributed by atoms with Crippen molar-refractivity contribution in [3.05, 3.63) is 45.4 Å². The van der Waals surface area contributed by atoms with Crippen LogP contribution in [0.3, 0.4) is 0 Å². The van der Waals surface area contributed by atoms with Crippen molar-refractivity contribution in [1.82, 2.24) is 0 Å². The zero-order chi connectivity index (χ0) is 16.6. The second-order valence-electron chi connectivity index (χ2n) is 8.46. The zero-order valence-electron chi connectivity index (χ0n) is 15.7. The molecule has 0 N–H and O–H groups in total. The summed E-state index contributed by atoms with van der Waals surface area (Å²) in [7, 11) is 0. The van der Waals surface area contributed by atoms with Crippen LogP contribution >= 0.6 is 0 Å². The largest absolute Gasteiger partial charge is 1.00 e. The Morgan fingerprint density at radius 1 is 1.08 bits per heavy atom. The molecule has 0 amide bonds. The van der Waals surface area contributed by atoms with E-state index in [1.807, 2.05) is 0 Å². The summed E-state index contributed by atoms with van der Waals surface area (Å²) in [6.45, 7) is 13.4. The molecule has 0 aromatic carbocycles. The molecule has 2 rings (SSSR count). The molecule has 0 aromatic rings. The first-order valence-electron chi connectivity index (χ1n) is 8.22. The first-order chi connectivity index (χ1) is 10.0. The van der Waals surface area contributed by atoms with E-state index in [0.29, 0.717) is 0 Å². The van der Waals surface area contributed by atoms with E-state index in [0.717, 1.165) is 19.3 Å². The molecule has 0 aliphatic heterocycles. The van der Waals surface area contributed by atoms with Crippen LogP contribution < -0.4 is 24.8 Å². The Hall–Kier alpha value is 0.214. The van der Waals surface area contributed by atoms with Crippen LogP contribution in [0, 0.1) is 5.41 Å². The summed E-state index contributed by atoms with van der Waals surface area (Å²) < 4.78 is 8.21. The second-order valence-corrected chi connectivity index (χ2v) is 9.40. The van der Waals surface area contributed by atoms with E-state index in [9.17, 15) is 0 Å². The van der Waals surface area contributed by atoms with Crippen LogP contribution in [-0.2, 0) is 25.2 Å². The van der Waals surface area contributed by atoms with Gasteiger partial charge in [-0.3, -0.25) is 0 Å². The third kappa shape index (κ3) is 5.89. The molecule has 0 spiro atoms. The van der Waals surface area contributed by atoms with Gasteiger partial charge < -0.3 is 24.8 Å². The van der Waals surface area contributed by atoms with Crippen molar-refractivity contribution >= 4 is 0 Å². The van der Waals surface area contributed by atoms with E-state index in [4.69, 9.17) is 4.74 Å². The summed E-state index contributed by atoms with van der Waals surface area (Å²) in [6.07, 6.45) is 14.3. The Morgan fingerprint density at radius 3 is 2.17 bits per heavy atom. The van der Waals surface area contributed by atoms with Crippen LogP contribution in [0.1, 0.15) is 60.8 Å². The molecule has 0 fully saturated rings. The molecule has 24 heavy (non-hydrogen) atoms. The Morgan fingerprint density at radius 2 is 1.71 bits per heavy atom. The van der Waals surface area contributed by atoms with Crippen molar-refractivity contribution < 1.29 is 50.0 Å². The van der Waals surface area contributed by atoms with E-state index in [2.05, 4.69) is 92.4 Å². The molecule has 0 aromatic heterocycles. The van der Waals surface area contributed by atoms with E-state index in [1.54, 1.807) is 0 Å². The Bertz CT molecular complexity index is 559. The number of allylic oxidation sites excluding steroid dienone is 5. The second kappa shape index (κ2) is 8.73. The van der Waals surface area contributed by atoms with E-state index in [-0.39, 0.29) is 41.4 Å². The summed E-state index contributed by atoms with van der Waals surface area (Å²) in [6, 6.07) is 0. The number of rotatable bonds is 3. The predicted molar refractivity (Wildman–Crippen MR) is 90.3 cm³/mol. The summed E-state index contributed by atoms with van der Waals surface area (Å²) in [5.74, 6) is 0. The maximum atomic E-state index is 6.73. The first kappa shape index (κ1) is 24.2. The fourth-order valence-electron chi connectivity index (χ4n) is 3.53. The third-order valence-corrected chi connectivity index (χ3v) is 4.97. The molecule has 0 saturated heterocycles. The van der Waals surface area contributed by atoms with Crippen molar-refractivity contribution in [1.29, 1.82) is 0 Å². The van der Waals surface area contributed by atoms with Gasteiger partial charge in [0.1, 0.15) is 0 Å². The third-order valence-electron chi connectivity index (χ3n) is 4.15. The Labute approximate surface area is 172 Å². The molecule has 2 aliphatic carbocycles. The van der Waals surface area contributed by atoms with Gasteiger partial charge in [-0.1, -0.05) is 0 Å². The number of ether oxygens (including phenoxy) is 1. The smallest absolute Gasteiger partial charge is 1.00 e. The Kier molecular flexibility index (Phi) is 8.81. The molecule has 0 heterocycles. The van der Waals surface area contributed by atoms with Crippen molar-refractivity contribution in [2.45, 2.75) is 72.0 Å². The summed E-state index contributed by atoms with van der Waals surface area (Å²) in [5.41, 5.74) is 2.59. The number of hydrogen-bond acceptors (Lipinski definition) is 1. The van der Waals surface area contributed by atoms with Gasteiger partial charge in [-0.05, 0) is 0 Å². The monoisotopic (exact) mass is 403 g/mol. The minimum Gasteiger partial charge on any atom is -1.00 e. The van der Waals surface area contributed by atoms with Gasteiger partial charge >= 0.3 is 148 Å². The van der Waals surface area contributed by atoms with Gasteiger partial charge in [-0.2, -0.15) is 0 Å². The van der Waals surface area contributed by atoms with Gasteiger partial charge in [-0.15, -0.1) is 0 Å². The van der Waals surface area contributed by atoms with E-state index < -0.39 is 0 Å². The van der Waals surface area contributed by atoms with Crippen molar-refractivity contribution in [3.63, 3.8) is 0 Å². The molecule has 133 valence electrons. The summed E-state index contributed by atoms with van der Waals surface area (Å²) in [4.78, 5) is 0. The molecular formula is C20H29Cl2OTi. The molecular weight excluding hydrogens is 375 g/mol. The van der Waals surface area contributed by atoms with Gasteiger partial charge in [0.25, 0.3) is 0 Å². The normalized spacial score (nSPS) is 23.8. The molecule has 1 atom stereocenters. The number of halogens is 2. The molecule has 0 bridgehead atoms. The average Bonchev–Trinajstić information content (AvgIpc) is 2.71. The zero-order valence-corrected chi connectivity index (χ0v) is 18.7. The molecule has 0 radical (unpaired) electrons. The van der Waals surface area contributed by atoms with Crippen LogP contribution in [0.25, 0.3) is 0 Å². The summed E-state index contributed by atoms with van der Waals surface area (Å²) >= 11 is 2.25. The SMILES string of the molecule is CC(C)(C)OC1(CC2=[C]([Ti+2])CC=C2)CC=CC=C1C(C)(C)C.[Cl-].[Cl-]. The van der Waals surface area contributed by atoms with Crippen molar-refractivity contribution in [2.24, 2.45) is 5.41 Å². The molecule has 2 aliphatic rings. The maximum Gasteiger partial charge on any atom is -1.00 e. The number of hydrogen-bond donors (Lipinski definition) is 0. The molecule has 0 saturated carbocycles. The fourth-order valence-corrected chi connectivity index (χ4v) is 3.98. The quantitative estimate of drug-likeness (QED) is 0.584. The van der Waals surface area contributed by atoms with Crippen molar-refractivity contribution in [2.75, 3.05) is 0 Å². The first-order valence-corrected chi connectivity index (χ1v) is 9.00. The van der Waals surface area contributed by atoms with Crippen LogP contribution in [0.4, 0.5) is 0 Å². The molecule has 1 nitrogen and oxygen atoms in total. The van der Waals surface area contributed by atoms with Gasteiger partial charge in [-0.25, -0.2) is 0 Å². The van der Waals surface area contributed by atoms with Crippen LogP contribution in [0.2, 0.25) is 0 Å². The standard InChI is InChI=1S/C20H29O.2ClH.Ti/c1-18(2,3)17-13-9-10-14-20(17,21-19(4,5)6)15-16-11-7-8-12-16;;;/h7,9-11,13H,8,14-15H2,1-6H3;2*1H;/q;;;+2/p-2. The predicted octanol–water partition coefficient (Wildman–Crippen LogP) is -0.368. The summed E-state index contributed by atoms with van der Waals surface area (Å²) in [5, 5.41) is 0. The van der Waals surface area contributed by atoms with E-state index >= 15 is 0 Å². The minimum absolute atomic E-state index is 0. The van der Waals surface area contributed by atoms with Crippen LogP contribution in [0.5, 0.6) is 0 Å². The minimum atomic E-state index is -0.226. The van der Waals surface area contributed by atoms with Gasteiger partial charge in [0.15, 0.2) is 0 Å². The van der Waals surface area contributed by atoms with E-state index in [1.165, 1.54) is 15.0 Å². The van der Waals surface area contributed by atoms with Crippen LogP contribution in [0.15, 0.2) is 45.4 Å². The fraction of sp³-hybridized carbons (Fsp3) is 0.600. The topological polar surface area (TPSA) is 9.23 Å². The van der Waals surface area contributed by atoms with Crippen molar-refractivity contribution in [3.8, 4) is 0 Å².